The van der Waals surface area contributed by atoms with Crippen LogP contribution in [-0.4, -0.2) is 45.0 Å². The number of aliphatic hydroxyl groups excluding tert-OH is 1. The van der Waals surface area contributed by atoms with Crippen molar-refractivity contribution in [2.75, 3.05) is 13.7 Å². The molecular weight excluding hydrogens is 238 g/mol. The second-order valence-electron chi connectivity index (χ2n) is 4.04. The highest BCUT2D eigenvalue weighted by molar-refractivity contribution is 7.15. The third-order valence-corrected chi connectivity index (χ3v) is 3.56. The maximum Gasteiger partial charge on any atom is 0.228 e. The molecule has 2 heterocycles. The molecule has 2 aromatic heterocycles. The summed E-state index contributed by atoms with van der Waals surface area (Å²) in [6.07, 6.45) is 4.05. The number of thiazole rings is 1. The Morgan fingerprint density at radius 2 is 2.47 bits per heavy atom. The Bertz CT molecular complexity index is 491. The summed E-state index contributed by atoms with van der Waals surface area (Å²) in [6, 6.07) is -0.161. The molecule has 6 heteroatoms. The van der Waals surface area contributed by atoms with E-state index in [1.807, 2.05) is 29.1 Å². The van der Waals surface area contributed by atoms with Gasteiger partial charge in [0.2, 0.25) is 5.91 Å². The van der Waals surface area contributed by atoms with Gasteiger partial charge in [-0.2, -0.15) is 0 Å². The van der Waals surface area contributed by atoms with E-state index >= 15 is 0 Å². The molecule has 0 aliphatic carbocycles. The first-order chi connectivity index (χ1) is 8.11. The van der Waals surface area contributed by atoms with Crippen LogP contribution in [0.3, 0.4) is 0 Å². The third-order valence-electron chi connectivity index (χ3n) is 2.79. The number of amides is 1. The largest absolute Gasteiger partial charge is 0.394 e. The molecule has 0 aliphatic rings. The highest BCUT2D eigenvalue weighted by Crippen LogP contribution is 2.12. The lowest BCUT2D eigenvalue weighted by Gasteiger charge is -2.22. The Morgan fingerprint density at radius 3 is 3.12 bits per heavy atom. The first kappa shape index (κ1) is 12.1. The van der Waals surface area contributed by atoms with E-state index in [4.69, 9.17) is 5.11 Å². The molecule has 1 unspecified atom stereocenters. The molecule has 0 fully saturated rings. The van der Waals surface area contributed by atoms with E-state index in [1.54, 1.807) is 23.3 Å². The minimum absolute atomic E-state index is 0.0273. The fraction of sp³-hybridized carbons (Fsp3) is 0.455. The summed E-state index contributed by atoms with van der Waals surface area (Å²) in [6.45, 7) is 1.78. The summed E-state index contributed by atoms with van der Waals surface area (Å²) in [7, 11) is 1.70. The van der Waals surface area contributed by atoms with E-state index in [9.17, 15) is 4.79 Å². The zero-order valence-electron chi connectivity index (χ0n) is 9.83. The molecule has 2 aromatic rings. The molecule has 0 spiro atoms. The van der Waals surface area contributed by atoms with Crippen molar-refractivity contribution < 1.29 is 9.90 Å². The standard InChI is InChI=1S/C11H15N3O2S/c1-8(7-15)13(2)10(16)5-9-6-14-3-4-17-11(14)12-9/h3-4,6,8,15H,5,7H2,1-2H3. The van der Waals surface area contributed by atoms with Crippen molar-refractivity contribution in [2.24, 2.45) is 0 Å². The van der Waals surface area contributed by atoms with Crippen LogP contribution < -0.4 is 0 Å². The van der Waals surface area contributed by atoms with Crippen LogP contribution in [0, 0.1) is 0 Å². The first-order valence-electron chi connectivity index (χ1n) is 5.39. The second kappa shape index (κ2) is 4.85. The molecule has 0 bridgehead atoms. The number of hydrogen-bond acceptors (Lipinski definition) is 4. The number of likely N-dealkylation sites (N-methyl/N-ethyl adjacent to an activating group) is 1. The summed E-state index contributed by atoms with van der Waals surface area (Å²) >= 11 is 1.54. The van der Waals surface area contributed by atoms with Gasteiger partial charge < -0.3 is 10.0 Å². The van der Waals surface area contributed by atoms with E-state index in [-0.39, 0.29) is 25.0 Å². The van der Waals surface area contributed by atoms with Crippen LogP contribution >= 0.6 is 11.3 Å². The summed E-state index contributed by atoms with van der Waals surface area (Å²) in [5.41, 5.74) is 0.763. The number of aliphatic hydroxyl groups is 1. The van der Waals surface area contributed by atoms with Crippen LogP contribution in [0.15, 0.2) is 17.8 Å². The molecule has 1 amide bonds. The summed E-state index contributed by atoms with van der Waals surface area (Å²) in [5, 5.41) is 10.9. The predicted molar refractivity (Wildman–Crippen MR) is 66.1 cm³/mol. The van der Waals surface area contributed by atoms with Crippen LogP contribution in [0.2, 0.25) is 0 Å². The first-order valence-corrected chi connectivity index (χ1v) is 6.27. The van der Waals surface area contributed by atoms with Crippen molar-refractivity contribution in [1.29, 1.82) is 0 Å². The highest BCUT2D eigenvalue weighted by atomic mass is 32.1. The number of nitrogens with zero attached hydrogens (tertiary/aromatic N) is 3. The van der Waals surface area contributed by atoms with Crippen LogP contribution in [0.5, 0.6) is 0 Å². The fourth-order valence-corrected chi connectivity index (χ4v) is 2.23. The molecule has 1 atom stereocenters. The number of hydrogen-bond donors (Lipinski definition) is 1. The van der Waals surface area contributed by atoms with Gasteiger partial charge in [-0.25, -0.2) is 4.98 Å². The van der Waals surface area contributed by atoms with E-state index in [0.29, 0.717) is 0 Å². The number of carbonyl (C=O) groups excluding carboxylic acids is 1. The molecule has 1 N–H and O–H groups in total. The van der Waals surface area contributed by atoms with Gasteiger partial charge in [0.1, 0.15) is 0 Å². The fourth-order valence-electron chi connectivity index (χ4n) is 1.51. The quantitative estimate of drug-likeness (QED) is 0.876. The van der Waals surface area contributed by atoms with E-state index in [0.717, 1.165) is 10.7 Å². The number of rotatable bonds is 4. The van der Waals surface area contributed by atoms with Crippen LogP contribution in [0.1, 0.15) is 12.6 Å². The van der Waals surface area contributed by atoms with Crippen molar-refractivity contribution in [3.05, 3.63) is 23.5 Å². The topological polar surface area (TPSA) is 57.8 Å². The molecular formula is C11H15N3O2S. The highest BCUT2D eigenvalue weighted by Gasteiger charge is 2.16. The molecule has 92 valence electrons. The van der Waals surface area contributed by atoms with Gasteiger partial charge in [-0.3, -0.25) is 9.20 Å². The maximum atomic E-state index is 11.9. The van der Waals surface area contributed by atoms with Crippen LogP contribution in [-0.2, 0) is 11.2 Å². The molecule has 2 rings (SSSR count). The molecule has 0 saturated heterocycles. The Morgan fingerprint density at radius 1 is 1.71 bits per heavy atom. The molecule has 5 nitrogen and oxygen atoms in total. The predicted octanol–water partition coefficient (Wildman–Crippen LogP) is 0.777. The molecule has 0 aliphatic heterocycles. The van der Waals surface area contributed by atoms with Crippen LogP contribution in [0.4, 0.5) is 0 Å². The van der Waals surface area contributed by atoms with Gasteiger partial charge in [0.25, 0.3) is 0 Å². The van der Waals surface area contributed by atoms with Gasteiger partial charge in [-0.1, -0.05) is 0 Å². The normalized spacial score (nSPS) is 12.9. The van der Waals surface area contributed by atoms with Crippen molar-refractivity contribution in [3.63, 3.8) is 0 Å². The molecule has 17 heavy (non-hydrogen) atoms. The Labute approximate surface area is 103 Å². The van der Waals surface area contributed by atoms with Gasteiger partial charge in [-0.15, -0.1) is 11.3 Å². The number of aromatic nitrogens is 2. The lowest BCUT2D eigenvalue weighted by molar-refractivity contribution is -0.131. The van der Waals surface area contributed by atoms with E-state index in [2.05, 4.69) is 4.98 Å². The number of imidazole rings is 1. The van der Waals surface area contributed by atoms with Gasteiger partial charge in [0.05, 0.1) is 24.8 Å². The zero-order chi connectivity index (χ0) is 12.4. The zero-order valence-corrected chi connectivity index (χ0v) is 10.6. The molecule has 0 saturated carbocycles. The van der Waals surface area contributed by atoms with Gasteiger partial charge in [0.15, 0.2) is 4.96 Å². The summed E-state index contributed by atoms with van der Waals surface area (Å²) in [4.78, 5) is 18.7. The third kappa shape index (κ3) is 2.48. The Kier molecular flexibility index (Phi) is 3.44. The average molecular weight is 253 g/mol. The van der Waals surface area contributed by atoms with Crippen molar-refractivity contribution >= 4 is 22.2 Å². The van der Waals surface area contributed by atoms with E-state index < -0.39 is 0 Å². The average Bonchev–Trinajstić information content (AvgIpc) is 2.87. The van der Waals surface area contributed by atoms with Crippen LogP contribution in [0.25, 0.3) is 4.96 Å². The van der Waals surface area contributed by atoms with Gasteiger partial charge >= 0.3 is 0 Å². The second-order valence-corrected chi connectivity index (χ2v) is 4.91. The van der Waals surface area contributed by atoms with Crippen molar-refractivity contribution in [3.8, 4) is 0 Å². The SMILES string of the molecule is CC(CO)N(C)C(=O)Cc1cn2ccsc2n1. The summed E-state index contributed by atoms with van der Waals surface area (Å²) < 4.78 is 1.91. The van der Waals surface area contributed by atoms with Crippen molar-refractivity contribution in [1.82, 2.24) is 14.3 Å². The minimum atomic E-state index is -0.161. The van der Waals surface area contributed by atoms with Gasteiger partial charge in [-0.05, 0) is 6.92 Å². The number of fused-ring (bicyclic) bond motifs is 1. The van der Waals surface area contributed by atoms with Gasteiger partial charge in [0, 0.05) is 24.8 Å². The van der Waals surface area contributed by atoms with Crippen molar-refractivity contribution in [2.45, 2.75) is 19.4 Å². The lowest BCUT2D eigenvalue weighted by Crippen LogP contribution is -2.38. The Hall–Kier alpha value is -1.40. The lowest BCUT2D eigenvalue weighted by atomic mass is 10.2. The number of carbonyl (C=O) groups is 1. The molecule has 0 radical (unpaired) electrons. The monoisotopic (exact) mass is 253 g/mol. The maximum absolute atomic E-state index is 11.9. The smallest absolute Gasteiger partial charge is 0.228 e. The minimum Gasteiger partial charge on any atom is -0.394 e. The van der Waals surface area contributed by atoms with E-state index in [1.165, 1.54) is 0 Å². The Balaban J connectivity index is 2.06. The molecule has 0 aromatic carbocycles. The summed E-state index contributed by atoms with van der Waals surface area (Å²) in [5.74, 6) is -0.0303.